The maximum absolute atomic E-state index is 12.3. The molecule has 0 unspecified atom stereocenters. The van der Waals surface area contributed by atoms with Crippen LogP contribution in [0.3, 0.4) is 0 Å². The molecule has 1 aliphatic heterocycles. The molecular weight excluding hydrogens is 350 g/mol. The van der Waals surface area contributed by atoms with Crippen LogP contribution in [0.4, 0.5) is 0 Å². The SMILES string of the molecule is COC(=O)[C@@H](CCSC)NC(=O)c1ccc(C2SCCS2)cc1. The first kappa shape index (κ1) is 18.5. The minimum absolute atomic E-state index is 0.236. The molecule has 2 rings (SSSR count). The van der Waals surface area contributed by atoms with Gasteiger partial charge in [-0.25, -0.2) is 4.79 Å². The van der Waals surface area contributed by atoms with Crippen LogP contribution in [-0.2, 0) is 9.53 Å². The number of hydrogen-bond acceptors (Lipinski definition) is 6. The number of carbonyl (C=O) groups excluding carboxylic acids is 2. The van der Waals surface area contributed by atoms with E-state index in [9.17, 15) is 9.59 Å². The van der Waals surface area contributed by atoms with Gasteiger partial charge in [0.25, 0.3) is 5.91 Å². The fourth-order valence-corrected chi connectivity index (χ4v) is 5.54. The van der Waals surface area contributed by atoms with Crippen LogP contribution in [0.15, 0.2) is 24.3 Å². The summed E-state index contributed by atoms with van der Waals surface area (Å²) >= 11 is 5.50. The number of benzene rings is 1. The van der Waals surface area contributed by atoms with Crippen molar-refractivity contribution in [3.8, 4) is 0 Å². The molecule has 23 heavy (non-hydrogen) atoms. The molecule has 126 valence electrons. The van der Waals surface area contributed by atoms with Crippen molar-refractivity contribution >= 4 is 47.2 Å². The van der Waals surface area contributed by atoms with Crippen LogP contribution in [0.1, 0.15) is 26.9 Å². The van der Waals surface area contributed by atoms with Crippen molar-refractivity contribution in [2.24, 2.45) is 0 Å². The molecule has 1 saturated heterocycles. The highest BCUT2D eigenvalue weighted by Crippen LogP contribution is 2.45. The Morgan fingerprint density at radius 3 is 2.52 bits per heavy atom. The van der Waals surface area contributed by atoms with Crippen LogP contribution in [0.2, 0.25) is 0 Å². The largest absolute Gasteiger partial charge is 0.467 e. The number of hydrogen-bond donors (Lipinski definition) is 1. The van der Waals surface area contributed by atoms with Gasteiger partial charge in [0.15, 0.2) is 0 Å². The van der Waals surface area contributed by atoms with Gasteiger partial charge >= 0.3 is 5.97 Å². The molecule has 7 heteroatoms. The van der Waals surface area contributed by atoms with Crippen LogP contribution >= 0.6 is 35.3 Å². The first-order valence-electron chi connectivity index (χ1n) is 7.36. The summed E-state index contributed by atoms with van der Waals surface area (Å²) < 4.78 is 5.23. The van der Waals surface area contributed by atoms with Gasteiger partial charge in [-0.1, -0.05) is 12.1 Å². The molecule has 4 nitrogen and oxygen atoms in total. The topological polar surface area (TPSA) is 55.4 Å². The van der Waals surface area contributed by atoms with Gasteiger partial charge in [0, 0.05) is 17.1 Å². The van der Waals surface area contributed by atoms with Gasteiger partial charge in [-0.05, 0) is 36.1 Å². The molecule has 0 aliphatic carbocycles. The number of amides is 1. The molecule has 1 aromatic rings. The normalized spacial score (nSPS) is 16.1. The zero-order chi connectivity index (χ0) is 16.7. The highest BCUT2D eigenvalue weighted by Gasteiger charge is 2.22. The van der Waals surface area contributed by atoms with E-state index in [0.717, 1.165) is 5.75 Å². The van der Waals surface area contributed by atoms with Crippen molar-refractivity contribution in [2.45, 2.75) is 17.0 Å². The lowest BCUT2D eigenvalue weighted by Crippen LogP contribution is -2.41. The van der Waals surface area contributed by atoms with E-state index in [4.69, 9.17) is 4.74 Å². The molecule has 1 N–H and O–H groups in total. The number of thioether (sulfide) groups is 3. The molecule has 1 amide bonds. The fraction of sp³-hybridized carbons (Fsp3) is 0.500. The molecule has 1 aromatic carbocycles. The molecule has 1 fully saturated rings. The molecule has 0 radical (unpaired) electrons. The summed E-state index contributed by atoms with van der Waals surface area (Å²) in [5.74, 6) is 2.50. The van der Waals surface area contributed by atoms with Crippen molar-refractivity contribution in [2.75, 3.05) is 30.6 Å². The smallest absolute Gasteiger partial charge is 0.328 e. The quantitative estimate of drug-likeness (QED) is 0.743. The highest BCUT2D eigenvalue weighted by molar-refractivity contribution is 8.19. The van der Waals surface area contributed by atoms with E-state index in [0.29, 0.717) is 16.6 Å². The molecular formula is C16H21NO3S3. The number of ether oxygens (including phenoxy) is 1. The Kier molecular flexibility index (Phi) is 7.65. The minimum atomic E-state index is -0.597. The molecule has 0 bridgehead atoms. The lowest BCUT2D eigenvalue weighted by atomic mass is 10.1. The van der Waals surface area contributed by atoms with Crippen molar-refractivity contribution in [3.63, 3.8) is 0 Å². The van der Waals surface area contributed by atoms with Crippen LogP contribution < -0.4 is 5.32 Å². The van der Waals surface area contributed by atoms with Gasteiger partial charge < -0.3 is 10.1 Å². The zero-order valence-corrected chi connectivity index (χ0v) is 15.7. The summed E-state index contributed by atoms with van der Waals surface area (Å²) in [4.78, 5) is 24.1. The Morgan fingerprint density at radius 1 is 1.30 bits per heavy atom. The van der Waals surface area contributed by atoms with Crippen molar-refractivity contribution in [1.29, 1.82) is 0 Å². The van der Waals surface area contributed by atoms with Crippen LogP contribution in [-0.4, -0.2) is 48.5 Å². The summed E-state index contributed by atoms with van der Waals surface area (Å²) in [6, 6.07) is 7.06. The Bertz CT molecular complexity index is 530. The molecule has 1 atom stereocenters. The number of methoxy groups -OCH3 is 1. The van der Waals surface area contributed by atoms with E-state index in [1.54, 1.807) is 11.8 Å². The summed E-state index contributed by atoms with van der Waals surface area (Å²) in [6.45, 7) is 0. The van der Waals surface area contributed by atoms with Crippen LogP contribution in [0.5, 0.6) is 0 Å². The van der Waals surface area contributed by atoms with E-state index in [1.807, 2.05) is 54.0 Å². The van der Waals surface area contributed by atoms with E-state index < -0.39 is 12.0 Å². The first-order chi connectivity index (χ1) is 11.2. The third kappa shape index (κ3) is 5.36. The van der Waals surface area contributed by atoms with E-state index in [1.165, 1.54) is 24.2 Å². The van der Waals surface area contributed by atoms with E-state index >= 15 is 0 Å². The van der Waals surface area contributed by atoms with Gasteiger partial charge in [0.05, 0.1) is 11.7 Å². The average molecular weight is 372 g/mol. The number of nitrogens with one attached hydrogen (secondary N) is 1. The Morgan fingerprint density at radius 2 is 1.96 bits per heavy atom. The van der Waals surface area contributed by atoms with Gasteiger partial charge in [-0.3, -0.25) is 4.79 Å². The second-order valence-corrected chi connectivity index (χ2v) is 8.74. The Hall–Kier alpha value is -0.790. The first-order valence-corrected chi connectivity index (χ1v) is 10.9. The van der Waals surface area contributed by atoms with Crippen molar-refractivity contribution in [3.05, 3.63) is 35.4 Å². The van der Waals surface area contributed by atoms with Gasteiger partial charge in [0.2, 0.25) is 0 Å². The number of rotatable bonds is 7. The summed E-state index contributed by atoms with van der Waals surface area (Å²) in [7, 11) is 1.34. The van der Waals surface area contributed by atoms with Crippen molar-refractivity contribution in [1.82, 2.24) is 5.32 Å². The van der Waals surface area contributed by atoms with E-state index in [-0.39, 0.29) is 5.91 Å². The third-order valence-electron chi connectivity index (χ3n) is 3.47. The second-order valence-electron chi connectivity index (χ2n) is 5.03. The second kappa shape index (κ2) is 9.49. The van der Waals surface area contributed by atoms with E-state index in [2.05, 4.69) is 5.32 Å². The predicted molar refractivity (Wildman–Crippen MR) is 100 cm³/mol. The van der Waals surface area contributed by atoms with Crippen molar-refractivity contribution < 1.29 is 14.3 Å². The van der Waals surface area contributed by atoms with Crippen LogP contribution in [0, 0.1) is 0 Å². The summed E-state index contributed by atoms with van der Waals surface area (Å²) in [6.07, 6.45) is 2.53. The maximum atomic E-state index is 12.3. The highest BCUT2D eigenvalue weighted by atomic mass is 32.2. The van der Waals surface area contributed by atoms with Gasteiger partial charge in [0.1, 0.15) is 6.04 Å². The number of carbonyl (C=O) groups is 2. The lowest BCUT2D eigenvalue weighted by Gasteiger charge is -2.16. The molecule has 1 heterocycles. The Labute approximate surface area is 149 Å². The van der Waals surface area contributed by atoms with Gasteiger partial charge in [-0.2, -0.15) is 11.8 Å². The summed E-state index contributed by atoms with van der Waals surface area (Å²) in [5.41, 5.74) is 1.81. The maximum Gasteiger partial charge on any atom is 0.328 e. The minimum Gasteiger partial charge on any atom is -0.467 e. The third-order valence-corrected chi connectivity index (χ3v) is 7.22. The summed E-state index contributed by atoms with van der Waals surface area (Å²) in [5, 5.41) is 2.77. The fourth-order valence-electron chi connectivity index (χ4n) is 2.21. The monoisotopic (exact) mass is 371 g/mol. The molecule has 0 aromatic heterocycles. The standard InChI is InChI=1S/C16H21NO3S3/c1-20-15(19)13(7-8-21-2)17-14(18)11-3-5-12(6-4-11)16-22-9-10-23-16/h3-6,13,16H,7-10H2,1-2H3,(H,17,18)/t13-/m1/s1. The number of esters is 1. The molecule has 0 spiro atoms. The van der Waals surface area contributed by atoms with Gasteiger partial charge in [-0.15, -0.1) is 23.5 Å². The lowest BCUT2D eigenvalue weighted by molar-refractivity contribution is -0.142. The Balaban J connectivity index is 1.98. The molecule has 0 saturated carbocycles. The molecule has 1 aliphatic rings. The predicted octanol–water partition coefficient (Wildman–Crippen LogP) is 3.19. The zero-order valence-electron chi connectivity index (χ0n) is 13.2. The van der Waals surface area contributed by atoms with Crippen LogP contribution in [0.25, 0.3) is 0 Å². The average Bonchev–Trinajstić information content (AvgIpc) is 3.12.